The maximum atomic E-state index is 12.7. The highest BCUT2D eigenvalue weighted by atomic mass is 19.4. The third-order valence-electron chi connectivity index (χ3n) is 3.22. The average Bonchev–Trinajstić information content (AvgIpc) is 2.66. The zero-order valence-electron chi connectivity index (χ0n) is 10.8. The highest BCUT2D eigenvalue weighted by molar-refractivity contribution is 5.53. The second-order valence-corrected chi connectivity index (χ2v) is 4.72. The van der Waals surface area contributed by atoms with Crippen LogP contribution in [0.3, 0.4) is 0 Å². The van der Waals surface area contributed by atoms with Crippen molar-refractivity contribution >= 4 is 5.82 Å². The molecule has 2 rings (SSSR count). The van der Waals surface area contributed by atoms with Crippen LogP contribution in [0.2, 0.25) is 0 Å². The zero-order valence-corrected chi connectivity index (χ0v) is 10.8. The summed E-state index contributed by atoms with van der Waals surface area (Å²) in [5, 5.41) is 15.2. The van der Waals surface area contributed by atoms with Crippen LogP contribution in [-0.4, -0.2) is 24.1 Å². The molecule has 108 valence electrons. The van der Waals surface area contributed by atoms with Crippen LogP contribution in [-0.2, 0) is 6.18 Å². The number of nitriles is 1. The number of alkyl halides is 3. The van der Waals surface area contributed by atoms with E-state index in [2.05, 4.69) is 15.6 Å². The van der Waals surface area contributed by atoms with Gasteiger partial charge < -0.3 is 10.6 Å². The maximum Gasteiger partial charge on any atom is 0.433 e. The van der Waals surface area contributed by atoms with E-state index < -0.39 is 11.9 Å². The quantitative estimate of drug-likeness (QED) is 0.876. The predicted molar refractivity (Wildman–Crippen MR) is 68.1 cm³/mol. The van der Waals surface area contributed by atoms with Crippen molar-refractivity contribution in [2.24, 2.45) is 0 Å². The second kappa shape index (κ2) is 6.09. The van der Waals surface area contributed by atoms with Gasteiger partial charge >= 0.3 is 6.18 Å². The minimum atomic E-state index is -4.50. The maximum absolute atomic E-state index is 12.7. The second-order valence-electron chi connectivity index (χ2n) is 4.72. The molecule has 1 atom stereocenters. The Hall–Kier alpha value is -1.81. The minimum Gasteiger partial charge on any atom is -0.366 e. The van der Waals surface area contributed by atoms with E-state index in [-0.39, 0.29) is 17.4 Å². The zero-order chi connectivity index (χ0) is 14.6. The molecule has 2 heterocycles. The Morgan fingerprint density at radius 2 is 2.10 bits per heavy atom. The molecule has 0 aliphatic carbocycles. The summed E-state index contributed by atoms with van der Waals surface area (Å²) in [6, 6.07) is 3.90. The van der Waals surface area contributed by atoms with E-state index >= 15 is 0 Å². The Morgan fingerprint density at radius 3 is 2.80 bits per heavy atom. The first kappa shape index (κ1) is 14.6. The minimum absolute atomic E-state index is 0.0224. The van der Waals surface area contributed by atoms with Crippen molar-refractivity contribution < 1.29 is 13.2 Å². The summed E-state index contributed by atoms with van der Waals surface area (Å²) in [6.07, 6.45) is -1.92. The number of anilines is 1. The summed E-state index contributed by atoms with van der Waals surface area (Å²) < 4.78 is 38.0. The van der Waals surface area contributed by atoms with Gasteiger partial charge in [-0.25, -0.2) is 4.98 Å². The van der Waals surface area contributed by atoms with E-state index in [0.29, 0.717) is 0 Å². The lowest BCUT2D eigenvalue weighted by molar-refractivity contribution is -0.141. The fraction of sp³-hybridized carbons (Fsp3) is 0.538. The summed E-state index contributed by atoms with van der Waals surface area (Å²) in [5.74, 6) is 0.0224. The molecular formula is C13H15F3N4. The van der Waals surface area contributed by atoms with Crippen molar-refractivity contribution in [3.05, 3.63) is 23.4 Å². The summed E-state index contributed by atoms with van der Waals surface area (Å²) in [4.78, 5) is 3.56. The number of nitrogens with zero attached hydrogens (tertiary/aromatic N) is 2. The summed E-state index contributed by atoms with van der Waals surface area (Å²) >= 11 is 0. The topological polar surface area (TPSA) is 60.7 Å². The number of pyridine rings is 1. The molecular weight excluding hydrogens is 269 g/mol. The molecule has 7 heteroatoms. The number of rotatable bonds is 2. The molecule has 0 bridgehead atoms. The first-order valence-corrected chi connectivity index (χ1v) is 6.46. The number of hydrogen-bond donors (Lipinski definition) is 2. The molecule has 1 aromatic rings. The van der Waals surface area contributed by atoms with Gasteiger partial charge in [0.1, 0.15) is 17.6 Å². The van der Waals surface area contributed by atoms with Crippen LogP contribution in [0, 0.1) is 11.3 Å². The van der Waals surface area contributed by atoms with Gasteiger partial charge in [-0.2, -0.15) is 18.4 Å². The smallest absolute Gasteiger partial charge is 0.366 e. The molecule has 2 N–H and O–H groups in total. The first-order chi connectivity index (χ1) is 9.50. The van der Waals surface area contributed by atoms with E-state index in [9.17, 15) is 13.2 Å². The van der Waals surface area contributed by atoms with Gasteiger partial charge in [-0.3, -0.25) is 0 Å². The Balaban J connectivity index is 2.22. The third kappa shape index (κ3) is 3.61. The monoisotopic (exact) mass is 284 g/mol. The van der Waals surface area contributed by atoms with Gasteiger partial charge in [-0.05, 0) is 44.5 Å². The van der Waals surface area contributed by atoms with Crippen molar-refractivity contribution in [1.29, 1.82) is 5.26 Å². The molecule has 1 aliphatic heterocycles. The van der Waals surface area contributed by atoms with Gasteiger partial charge in [-0.1, -0.05) is 0 Å². The highest BCUT2D eigenvalue weighted by Crippen LogP contribution is 2.29. The van der Waals surface area contributed by atoms with E-state index in [1.54, 1.807) is 0 Å². The van der Waals surface area contributed by atoms with Crippen molar-refractivity contribution in [3.63, 3.8) is 0 Å². The van der Waals surface area contributed by atoms with Crippen LogP contribution >= 0.6 is 0 Å². The van der Waals surface area contributed by atoms with Crippen LogP contribution in [0.5, 0.6) is 0 Å². The molecule has 1 unspecified atom stereocenters. The number of hydrogen-bond acceptors (Lipinski definition) is 4. The van der Waals surface area contributed by atoms with E-state index in [1.165, 1.54) is 0 Å². The number of nitrogens with one attached hydrogen (secondary N) is 2. The fourth-order valence-electron chi connectivity index (χ4n) is 2.17. The molecule has 1 fully saturated rings. The normalized spacial score (nSPS) is 20.0. The SMILES string of the molecule is N#Cc1ccc(C(F)(F)F)nc1NC1CCCNCC1. The molecule has 0 amide bonds. The molecule has 0 aromatic carbocycles. The van der Waals surface area contributed by atoms with Crippen LogP contribution < -0.4 is 10.6 Å². The lowest BCUT2D eigenvalue weighted by Crippen LogP contribution is -2.23. The highest BCUT2D eigenvalue weighted by Gasteiger charge is 2.33. The van der Waals surface area contributed by atoms with Crippen molar-refractivity contribution in [1.82, 2.24) is 10.3 Å². The fourth-order valence-corrected chi connectivity index (χ4v) is 2.17. The Kier molecular flexibility index (Phi) is 4.45. The molecule has 1 aliphatic rings. The molecule has 4 nitrogen and oxygen atoms in total. The molecule has 0 saturated carbocycles. The summed E-state index contributed by atoms with van der Waals surface area (Å²) in [7, 11) is 0. The van der Waals surface area contributed by atoms with Crippen molar-refractivity contribution in [3.8, 4) is 6.07 Å². The van der Waals surface area contributed by atoms with Crippen LogP contribution in [0.4, 0.5) is 19.0 Å². The predicted octanol–water partition coefficient (Wildman–Crippen LogP) is 2.53. The first-order valence-electron chi connectivity index (χ1n) is 6.46. The standard InChI is InChI=1S/C13H15F3N4/c14-13(15,16)11-4-3-9(8-17)12(20-11)19-10-2-1-6-18-7-5-10/h3-4,10,18H,1-2,5-7H2,(H,19,20). The Labute approximate surface area is 115 Å². The van der Waals surface area contributed by atoms with Crippen molar-refractivity contribution in [2.75, 3.05) is 18.4 Å². The van der Waals surface area contributed by atoms with Gasteiger partial charge in [0.2, 0.25) is 0 Å². The lowest BCUT2D eigenvalue weighted by Gasteiger charge is -2.18. The van der Waals surface area contributed by atoms with Gasteiger partial charge in [0.05, 0.1) is 5.56 Å². The van der Waals surface area contributed by atoms with Gasteiger partial charge in [0, 0.05) is 6.04 Å². The van der Waals surface area contributed by atoms with Gasteiger partial charge in [0.25, 0.3) is 0 Å². The number of aromatic nitrogens is 1. The van der Waals surface area contributed by atoms with E-state index in [1.807, 2.05) is 6.07 Å². The number of halogens is 3. The molecule has 1 saturated heterocycles. The summed E-state index contributed by atoms with van der Waals surface area (Å²) in [6.45, 7) is 1.71. The van der Waals surface area contributed by atoms with Crippen molar-refractivity contribution in [2.45, 2.75) is 31.5 Å². The largest absolute Gasteiger partial charge is 0.433 e. The molecule has 0 radical (unpaired) electrons. The van der Waals surface area contributed by atoms with Crippen LogP contribution in [0.15, 0.2) is 12.1 Å². The average molecular weight is 284 g/mol. The lowest BCUT2D eigenvalue weighted by atomic mass is 10.1. The molecule has 20 heavy (non-hydrogen) atoms. The molecule has 0 spiro atoms. The van der Waals surface area contributed by atoms with E-state index in [4.69, 9.17) is 5.26 Å². The van der Waals surface area contributed by atoms with Crippen LogP contribution in [0.25, 0.3) is 0 Å². The van der Waals surface area contributed by atoms with Gasteiger partial charge in [-0.15, -0.1) is 0 Å². The van der Waals surface area contributed by atoms with Gasteiger partial charge in [0.15, 0.2) is 0 Å². The van der Waals surface area contributed by atoms with Crippen LogP contribution in [0.1, 0.15) is 30.5 Å². The third-order valence-corrected chi connectivity index (χ3v) is 3.22. The Morgan fingerprint density at radius 1 is 1.30 bits per heavy atom. The Bertz CT molecular complexity index is 499. The molecule has 1 aromatic heterocycles. The van der Waals surface area contributed by atoms with E-state index in [0.717, 1.165) is 44.5 Å². The summed E-state index contributed by atoms with van der Waals surface area (Å²) in [5.41, 5.74) is -0.846.